The molecule has 0 bridgehead atoms. The highest BCUT2D eigenvalue weighted by atomic mass is 35.5. The largest absolute Gasteiger partial charge is 0.458 e. The number of hydrogen-bond acceptors (Lipinski definition) is 4. The van der Waals surface area contributed by atoms with E-state index in [1.54, 1.807) is 0 Å². The van der Waals surface area contributed by atoms with Crippen molar-refractivity contribution in [1.82, 2.24) is 4.90 Å². The average Bonchev–Trinajstić information content (AvgIpc) is 3.14. The van der Waals surface area contributed by atoms with Gasteiger partial charge >= 0.3 is 0 Å². The molecule has 28 heavy (non-hydrogen) atoms. The molecule has 1 aliphatic rings. The molecule has 1 aliphatic heterocycles. The third-order valence-corrected chi connectivity index (χ3v) is 5.25. The van der Waals surface area contributed by atoms with Gasteiger partial charge in [-0.05, 0) is 55.3 Å². The summed E-state index contributed by atoms with van der Waals surface area (Å²) in [6.45, 7) is 6.23. The Kier molecular flexibility index (Phi) is 4.91. The number of nitrogens with two attached hydrogens (primary N) is 1. The van der Waals surface area contributed by atoms with Gasteiger partial charge in [0.2, 0.25) is 0 Å². The second kappa shape index (κ2) is 7.24. The minimum atomic E-state index is -0.579. The molecule has 0 aliphatic carbocycles. The molecule has 1 saturated heterocycles. The van der Waals surface area contributed by atoms with Gasteiger partial charge in [0, 0.05) is 24.0 Å². The Morgan fingerprint density at radius 3 is 2.39 bits per heavy atom. The SMILES string of the molecule is CC(C)(N)c1cc2cc(-c3ccc(C(=O)N4CCOCC4)cc3)cc(Cl)c2o1. The number of ether oxygens (including phenoxy) is 1. The Balaban J connectivity index is 1.63. The predicted octanol–water partition coefficient (Wildman–Crippen LogP) is 4.42. The average molecular weight is 399 g/mol. The van der Waals surface area contributed by atoms with Crippen molar-refractivity contribution in [1.29, 1.82) is 0 Å². The zero-order chi connectivity index (χ0) is 19.9. The monoisotopic (exact) mass is 398 g/mol. The van der Waals surface area contributed by atoms with E-state index in [0.717, 1.165) is 16.5 Å². The molecule has 3 aromatic rings. The topological polar surface area (TPSA) is 68.7 Å². The molecule has 5 nitrogen and oxygen atoms in total. The molecule has 1 amide bonds. The zero-order valence-corrected chi connectivity index (χ0v) is 16.8. The van der Waals surface area contributed by atoms with Crippen LogP contribution in [0, 0.1) is 0 Å². The van der Waals surface area contributed by atoms with Crippen LogP contribution < -0.4 is 5.73 Å². The lowest BCUT2D eigenvalue weighted by Crippen LogP contribution is -2.40. The fraction of sp³-hybridized carbons (Fsp3) is 0.318. The van der Waals surface area contributed by atoms with Crippen molar-refractivity contribution in [2.45, 2.75) is 19.4 Å². The van der Waals surface area contributed by atoms with Gasteiger partial charge in [0.25, 0.3) is 5.91 Å². The van der Waals surface area contributed by atoms with Gasteiger partial charge in [-0.3, -0.25) is 4.79 Å². The highest BCUT2D eigenvalue weighted by Gasteiger charge is 2.21. The van der Waals surface area contributed by atoms with Crippen molar-refractivity contribution >= 4 is 28.5 Å². The standard InChI is InChI=1S/C22H23ClN2O3/c1-22(2,24)19-13-17-11-16(12-18(23)20(17)28-19)14-3-5-15(6-4-14)21(26)25-7-9-27-10-8-25/h3-6,11-13H,7-10,24H2,1-2H3. The number of carbonyl (C=O) groups excluding carboxylic acids is 1. The second-order valence-electron chi connectivity index (χ2n) is 7.69. The van der Waals surface area contributed by atoms with E-state index >= 15 is 0 Å². The van der Waals surface area contributed by atoms with E-state index < -0.39 is 5.54 Å². The first-order chi connectivity index (χ1) is 13.3. The van der Waals surface area contributed by atoms with Crippen molar-refractivity contribution < 1.29 is 13.9 Å². The van der Waals surface area contributed by atoms with Crippen LogP contribution in [0.25, 0.3) is 22.1 Å². The molecule has 1 fully saturated rings. The van der Waals surface area contributed by atoms with Gasteiger partial charge in [-0.15, -0.1) is 0 Å². The van der Waals surface area contributed by atoms with Crippen molar-refractivity contribution in [3.8, 4) is 11.1 Å². The Morgan fingerprint density at radius 1 is 1.07 bits per heavy atom. The molecule has 0 unspecified atom stereocenters. The predicted molar refractivity (Wildman–Crippen MR) is 111 cm³/mol. The third kappa shape index (κ3) is 3.65. The molecular formula is C22H23ClN2O3. The maximum Gasteiger partial charge on any atom is 0.254 e. The summed E-state index contributed by atoms with van der Waals surface area (Å²) in [6, 6.07) is 13.4. The molecular weight excluding hydrogens is 376 g/mol. The van der Waals surface area contributed by atoms with Crippen molar-refractivity contribution in [2.24, 2.45) is 5.73 Å². The van der Waals surface area contributed by atoms with E-state index in [1.807, 2.05) is 61.2 Å². The number of morpholine rings is 1. The molecule has 0 saturated carbocycles. The lowest BCUT2D eigenvalue weighted by Gasteiger charge is -2.26. The Morgan fingerprint density at radius 2 is 1.75 bits per heavy atom. The first-order valence-corrected chi connectivity index (χ1v) is 9.70. The highest BCUT2D eigenvalue weighted by Crippen LogP contribution is 2.35. The third-order valence-electron chi connectivity index (χ3n) is 4.97. The molecule has 2 N–H and O–H groups in total. The fourth-order valence-corrected chi connectivity index (χ4v) is 3.61. The van der Waals surface area contributed by atoms with Crippen LogP contribution in [-0.4, -0.2) is 37.1 Å². The highest BCUT2D eigenvalue weighted by molar-refractivity contribution is 6.35. The summed E-state index contributed by atoms with van der Waals surface area (Å²) in [7, 11) is 0. The summed E-state index contributed by atoms with van der Waals surface area (Å²) in [6.07, 6.45) is 0. The van der Waals surface area contributed by atoms with Crippen LogP contribution in [0.2, 0.25) is 5.02 Å². The summed E-state index contributed by atoms with van der Waals surface area (Å²) in [5, 5.41) is 1.45. The van der Waals surface area contributed by atoms with Crippen LogP contribution in [0.4, 0.5) is 0 Å². The van der Waals surface area contributed by atoms with E-state index in [4.69, 9.17) is 26.5 Å². The summed E-state index contributed by atoms with van der Waals surface area (Å²) in [4.78, 5) is 14.4. The van der Waals surface area contributed by atoms with Crippen LogP contribution in [0.15, 0.2) is 46.9 Å². The van der Waals surface area contributed by atoms with Gasteiger partial charge in [0.05, 0.1) is 23.8 Å². The summed E-state index contributed by atoms with van der Waals surface area (Å²) in [5.74, 6) is 0.723. The first-order valence-electron chi connectivity index (χ1n) is 9.33. The molecule has 6 heteroatoms. The summed E-state index contributed by atoms with van der Waals surface area (Å²) in [5.41, 5.74) is 8.82. The summed E-state index contributed by atoms with van der Waals surface area (Å²) >= 11 is 6.45. The van der Waals surface area contributed by atoms with Crippen LogP contribution >= 0.6 is 11.6 Å². The minimum absolute atomic E-state index is 0.0352. The Labute approximate surface area is 169 Å². The number of fused-ring (bicyclic) bond motifs is 1. The fourth-order valence-electron chi connectivity index (χ4n) is 3.35. The van der Waals surface area contributed by atoms with Gasteiger partial charge in [0.15, 0.2) is 5.58 Å². The van der Waals surface area contributed by atoms with Crippen LogP contribution in [0.3, 0.4) is 0 Å². The molecule has 4 rings (SSSR count). The van der Waals surface area contributed by atoms with Crippen molar-refractivity contribution in [3.05, 3.63) is 58.8 Å². The molecule has 0 radical (unpaired) electrons. The van der Waals surface area contributed by atoms with Gasteiger partial charge in [-0.2, -0.15) is 0 Å². The second-order valence-corrected chi connectivity index (χ2v) is 8.10. The molecule has 2 heterocycles. The number of benzene rings is 2. The van der Waals surface area contributed by atoms with Crippen molar-refractivity contribution in [3.63, 3.8) is 0 Å². The normalized spacial score (nSPS) is 15.2. The molecule has 146 valence electrons. The van der Waals surface area contributed by atoms with Gasteiger partial charge in [-0.1, -0.05) is 23.7 Å². The molecule has 0 atom stereocenters. The first kappa shape index (κ1) is 19.0. The van der Waals surface area contributed by atoms with E-state index in [1.165, 1.54) is 0 Å². The number of amides is 1. The molecule has 2 aromatic carbocycles. The quantitative estimate of drug-likeness (QED) is 0.709. The maximum atomic E-state index is 12.6. The number of furan rings is 1. The van der Waals surface area contributed by atoms with E-state index in [2.05, 4.69) is 0 Å². The number of rotatable bonds is 3. The maximum absolute atomic E-state index is 12.6. The van der Waals surface area contributed by atoms with Crippen molar-refractivity contribution in [2.75, 3.05) is 26.3 Å². The number of halogens is 1. The minimum Gasteiger partial charge on any atom is -0.458 e. The molecule has 0 spiro atoms. The lowest BCUT2D eigenvalue weighted by atomic mass is 10.0. The van der Waals surface area contributed by atoms with Gasteiger partial charge in [0.1, 0.15) is 5.76 Å². The smallest absolute Gasteiger partial charge is 0.254 e. The van der Waals surface area contributed by atoms with E-state index in [0.29, 0.717) is 48.2 Å². The Hall–Kier alpha value is -2.34. The van der Waals surface area contributed by atoms with Crippen LogP contribution in [0.5, 0.6) is 0 Å². The number of nitrogens with zero attached hydrogens (tertiary/aromatic N) is 1. The number of hydrogen-bond donors (Lipinski definition) is 1. The number of carbonyl (C=O) groups is 1. The van der Waals surface area contributed by atoms with Gasteiger partial charge in [-0.25, -0.2) is 0 Å². The van der Waals surface area contributed by atoms with Crippen LogP contribution in [-0.2, 0) is 10.3 Å². The van der Waals surface area contributed by atoms with Crippen LogP contribution in [0.1, 0.15) is 30.0 Å². The molecule has 1 aromatic heterocycles. The van der Waals surface area contributed by atoms with E-state index in [9.17, 15) is 4.79 Å². The zero-order valence-electron chi connectivity index (χ0n) is 16.0. The van der Waals surface area contributed by atoms with Gasteiger partial charge < -0.3 is 19.8 Å². The Bertz CT molecular complexity index is 1010. The lowest BCUT2D eigenvalue weighted by molar-refractivity contribution is 0.0303. The summed E-state index contributed by atoms with van der Waals surface area (Å²) < 4.78 is 11.2. The van der Waals surface area contributed by atoms with E-state index in [-0.39, 0.29) is 5.91 Å².